The molecule has 1 aliphatic heterocycles. The largest absolute Gasteiger partial charge is 0.478 e. The van der Waals surface area contributed by atoms with E-state index in [1.807, 2.05) is 12.1 Å². The van der Waals surface area contributed by atoms with Gasteiger partial charge in [-0.05, 0) is 25.2 Å². The van der Waals surface area contributed by atoms with E-state index in [2.05, 4.69) is 10.3 Å². The van der Waals surface area contributed by atoms with Crippen molar-refractivity contribution in [1.29, 1.82) is 0 Å². The molecule has 0 amide bonds. The Labute approximate surface area is 119 Å². The van der Waals surface area contributed by atoms with Crippen LogP contribution in [-0.2, 0) is 6.18 Å². The molecular formula is C13H16F3N3O2. The summed E-state index contributed by atoms with van der Waals surface area (Å²) >= 11 is 0. The van der Waals surface area contributed by atoms with Gasteiger partial charge in [0.1, 0.15) is 0 Å². The van der Waals surface area contributed by atoms with Gasteiger partial charge in [0.15, 0.2) is 0 Å². The lowest BCUT2D eigenvalue weighted by molar-refractivity contribution is -0.138. The van der Waals surface area contributed by atoms with Crippen LogP contribution in [0.25, 0.3) is 0 Å². The number of halogens is 3. The first kappa shape index (κ1) is 15.6. The maximum absolute atomic E-state index is 12.7. The summed E-state index contributed by atoms with van der Waals surface area (Å²) < 4.78 is 38.2. The van der Waals surface area contributed by atoms with Crippen LogP contribution in [0, 0.1) is 0 Å². The molecule has 1 aromatic rings. The molecule has 1 aromatic carbocycles. The number of nitrogens with zero attached hydrogens (tertiary/aromatic N) is 2. The van der Waals surface area contributed by atoms with Crippen molar-refractivity contribution in [3.8, 4) is 0 Å². The van der Waals surface area contributed by atoms with Crippen molar-refractivity contribution >= 4 is 11.7 Å². The zero-order chi connectivity index (χ0) is 15.6. The molecule has 0 unspecified atom stereocenters. The van der Waals surface area contributed by atoms with Crippen molar-refractivity contribution in [2.45, 2.75) is 6.18 Å². The monoisotopic (exact) mass is 303 g/mol. The fourth-order valence-corrected chi connectivity index (χ4v) is 2.14. The lowest BCUT2D eigenvalue weighted by atomic mass is 10.1. The maximum atomic E-state index is 12.7. The van der Waals surface area contributed by atoms with Gasteiger partial charge in [0.2, 0.25) is 0 Å². The SMILES string of the molecule is CN1CCN(Nc2ccc(C(F)(F)F)c(C(=O)O)c2)CC1. The van der Waals surface area contributed by atoms with E-state index >= 15 is 0 Å². The topological polar surface area (TPSA) is 55.8 Å². The summed E-state index contributed by atoms with van der Waals surface area (Å²) in [6.07, 6.45) is -4.68. The average molecular weight is 303 g/mol. The molecule has 0 bridgehead atoms. The van der Waals surface area contributed by atoms with Crippen molar-refractivity contribution in [2.24, 2.45) is 0 Å². The number of benzene rings is 1. The second-order valence-corrected chi connectivity index (χ2v) is 4.97. The number of hydrogen-bond donors (Lipinski definition) is 2. The van der Waals surface area contributed by atoms with Gasteiger partial charge in [0.05, 0.1) is 11.1 Å². The zero-order valence-electron chi connectivity index (χ0n) is 11.4. The molecule has 21 heavy (non-hydrogen) atoms. The summed E-state index contributed by atoms with van der Waals surface area (Å²) in [5.41, 5.74) is 1.40. The smallest absolute Gasteiger partial charge is 0.417 e. The van der Waals surface area contributed by atoms with Crippen LogP contribution >= 0.6 is 0 Å². The number of aromatic carboxylic acids is 1. The van der Waals surface area contributed by atoms with Crippen LogP contribution in [0.5, 0.6) is 0 Å². The van der Waals surface area contributed by atoms with Gasteiger partial charge in [-0.1, -0.05) is 0 Å². The number of likely N-dealkylation sites (N-methyl/N-ethyl adjacent to an activating group) is 1. The molecule has 0 saturated carbocycles. The molecule has 0 radical (unpaired) electrons. The summed E-state index contributed by atoms with van der Waals surface area (Å²) in [5.74, 6) is -1.59. The van der Waals surface area contributed by atoms with Gasteiger partial charge < -0.3 is 15.4 Å². The van der Waals surface area contributed by atoms with Gasteiger partial charge in [-0.2, -0.15) is 13.2 Å². The summed E-state index contributed by atoms with van der Waals surface area (Å²) in [6.45, 7) is 3.08. The number of carbonyl (C=O) groups is 1. The van der Waals surface area contributed by atoms with Crippen LogP contribution in [0.3, 0.4) is 0 Å². The Morgan fingerprint density at radius 1 is 1.24 bits per heavy atom. The summed E-state index contributed by atoms with van der Waals surface area (Å²) in [5, 5.41) is 10.8. The van der Waals surface area contributed by atoms with Gasteiger partial charge in [-0.15, -0.1) is 0 Å². The van der Waals surface area contributed by atoms with E-state index in [0.717, 1.165) is 25.2 Å². The van der Waals surface area contributed by atoms with Gasteiger partial charge in [-0.3, -0.25) is 0 Å². The average Bonchev–Trinajstić information content (AvgIpc) is 2.40. The highest BCUT2D eigenvalue weighted by molar-refractivity contribution is 5.90. The molecule has 1 aliphatic rings. The second-order valence-electron chi connectivity index (χ2n) is 4.97. The minimum absolute atomic E-state index is 0.338. The van der Waals surface area contributed by atoms with Crippen molar-refractivity contribution in [3.63, 3.8) is 0 Å². The van der Waals surface area contributed by atoms with Gasteiger partial charge in [0, 0.05) is 31.9 Å². The fourth-order valence-electron chi connectivity index (χ4n) is 2.14. The van der Waals surface area contributed by atoms with Gasteiger partial charge >= 0.3 is 12.1 Å². The van der Waals surface area contributed by atoms with Gasteiger partial charge in [-0.25, -0.2) is 9.80 Å². The van der Waals surface area contributed by atoms with Crippen LogP contribution in [0.15, 0.2) is 18.2 Å². The Hall–Kier alpha value is -1.80. The fraction of sp³-hybridized carbons (Fsp3) is 0.462. The van der Waals surface area contributed by atoms with Crippen LogP contribution in [0.1, 0.15) is 15.9 Å². The zero-order valence-corrected chi connectivity index (χ0v) is 11.4. The third-order valence-corrected chi connectivity index (χ3v) is 3.35. The van der Waals surface area contributed by atoms with Gasteiger partial charge in [0.25, 0.3) is 0 Å². The third-order valence-electron chi connectivity index (χ3n) is 3.35. The van der Waals surface area contributed by atoms with Crippen molar-refractivity contribution in [1.82, 2.24) is 9.91 Å². The van der Waals surface area contributed by atoms with E-state index in [1.54, 1.807) is 0 Å². The molecule has 1 saturated heterocycles. The maximum Gasteiger partial charge on any atom is 0.417 e. The number of nitrogens with one attached hydrogen (secondary N) is 1. The Morgan fingerprint density at radius 2 is 1.86 bits per heavy atom. The van der Waals surface area contributed by atoms with Crippen molar-refractivity contribution in [3.05, 3.63) is 29.3 Å². The lowest BCUT2D eigenvalue weighted by Gasteiger charge is -2.33. The van der Waals surface area contributed by atoms with E-state index in [1.165, 1.54) is 6.07 Å². The second kappa shape index (κ2) is 5.90. The van der Waals surface area contributed by atoms with Crippen molar-refractivity contribution < 1.29 is 23.1 Å². The number of piperazine rings is 1. The molecule has 8 heteroatoms. The van der Waals surface area contributed by atoms with E-state index in [4.69, 9.17) is 5.11 Å². The first-order valence-electron chi connectivity index (χ1n) is 6.42. The molecule has 116 valence electrons. The Kier molecular flexibility index (Phi) is 4.38. The minimum atomic E-state index is -4.68. The highest BCUT2D eigenvalue weighted by Gasteiger charge is 2.35. The number of carboxylic acids is 1. The Balaban J connectivity index is 2.18. The molecule has 5 nitrogen and oxygen atoms in total. The molecule has 1 fully saturated rings. The molecule has 2 N–H and O–H groups in total. The number of hydrazine groups is 1. The number of anilines is 1. The lowest BCUT2D eigenvalue weighted by Crippen LogP contribution is -2.46. The Morgan fingerprint density at radius 3 is 2.38 bits per heavy atom. The highest BCUT2D eigenvalue weighted by atomic mass is 19.4. The van der Waals surface area contributed by atoms with Crippen LogP contribution in [0.4, 0.5) is 18.9 Å². The minimum Gasteiger partial charge on any atom is -0.478 e. The molecular weight excluding hydrogens is 287 g/mol. The molecule has 0 aromatic heterocycles. The van der Waals surface area contributed by atoms with Crippen LogP contribution < -0.4 is 5.43 Å². The molecule has 0 spiro atoms. The molecule has 1 heterocycles. The number of hydrogen-bond acceptors (Lipinski definition) is 4. The summed E-state index contributed by atoms with van der Waals surface area (Å²) in [7, 11) is 1.98. The normalized spacial score (nSPS) is 17.7. The van der Waals surface area contributed by atoms with E-state index < -0.39 is 23.3 Å². The predicted molar refractivity (Wildman–Crippen MR) is 71.1 cm³/mol. The first-order chi connectivity index (χ1) is 9.77. The third kappa shape index (κ3) is 3.85. The quantitative estimate of drug-likeness (QED) is 0.894. The molecule has 0 atom stereocenters. The summed E-state index contributed by atoms with van der Waals surface area (Å²) in [6, 6.07) is 3.05. The highest BCUT2D eigenvalue weighted by Crippen LogP contribution is 2.33. The Bertz CT molecular complexity index is 526. The van der Waals surface area contributed by atoms with E-state index in [-0.39, 0.29) is 0 Å². The predicted octanol–water partition coefficient (Wildman–Crippen LogP) is 1.98. The number of alkyl halides is 3. The van der Waals surface area contributed by atoms with Crippen LogP contribution in [0.2, 0.25) is 0 Å². The molecule has 0 aliphatic carbocycles. The van der Waals surface area contributed by atoms with Crippen LogP contribution in [-0.4, -0.2) is 54.2 Å². The standard InChI is InChI=1S/C13H16F3N3O2/c1-18-4-6-19(7-5-18)17-9-2-3-11(13(14,15)16)10(8-9)12(20)21/h2-3,8,17H,4-7H2,1H3,(H,20,21). The van der Waals surface area contributed by atoms with Crippen molar-refractivity contribution in [2.75, 3.05) is 38.7 Å². The van der Waals surface area contributed by atoms with E-state index in [9.17, 15) is 18.0 Å². The summed E-state index contributed by atoms with van der Waals surface area (Å²) in [4.78, 5) is 13.1. The number of rotatable bonds is 3. The van der Waals surface area contributed by atoms with E-state index in [0.29, 0.717) is 18.8 Å². The number of carboxylic acid groups (broad SMARTS) is 1. The molecule has 2 rings (SSSR count). The first-order valence-corrected chi connectivity index (χ1v) is 6.42.